The average Bonchev–Trinajstić information content (AvgIpc) is 3.47. The number of aliphatic carboxylic acids is 2. The van der Waals surface area contributed by atoms with Crippen LogP contribution in [0.5, 0.6) is 0 Å². The summed E-state index contributed by atoms with van der Waals surface area (Å²) in [4.78, 5) is 60.0. The number of aromatic nitrogens is 4. The number of thioether (sulfide) groups is 1. The van der Waals surface area contributed by atoms with Crippen molar-refractivity contribution in [3.05, 3.63) is 45.8 Å². The fourth-order valence-electron chi connectivity index (χ4n) is 4.34. The van der Waals surface area contributed by atoms with Gasteiger partial charge in [-0.25, -0.2) is 14.6 Å². The van der Waals surface area contributed by atoms with Crippen molar-refractivity contribution in [2.24, 2.45) is 12.2 Å². The molecule has 3 atom stereocenters. The fourth-order valence-corrected chi connectivity index (χ4v) is 6.61. The van der Waals surface area contributed by atoms with Crippen LogP contribution in [0.15, 0.2) is 41.0 Å². The zero-order valence-corrected chi connectivity index (χ0v) is 23.7. The normalized spacial score (nSPS) is 19.5. The Hall–Kier alpha value is -4.22. The molecule has 0 spiro atoms. The highest BCUT2D eigenvalue weighted by Crippen LogP contribution is 2.40. The summed E-state index contributed by atoms with van der Waals surface area (Å²) in [5.41, 5.74) is 6.94. The molecule has 2 unspecified atom stereocenters. The molecule has 0 saturated carbocycles. The number of carbonyl (C=O) groups excluding carboxylic acids is 2. The van der Waals surface area contributed by atoms with Gasteiger partial charge in [0.2, 0.25) is 6.10 Å². The van der Waals surface area contributed by atoms with Crippen molar-refractivity contribution in [1.82, 2.24) is 25.0 Å². The molecule has 5 rings (SSSR count). The van der Waals surface area contributed by atoms with E-state index >= 15 is 0 Å². The third kappa shape index (κ3) is 5.30. The molecule has 3 aromatic heterocycles. The number of oxime groups is 1. The Labute approximate surface area is 244 Å². The second-order valence-electron chi connectivity index (χ2n) is 9.03. The van der Waals surface area contributed by atoms with Gasteiger partial charge in [0.25, 0.3) is 17.3 Å². The van der Waals surface area contributed by atoms with Crippen LogP contribution in [0, 0.1) is 0 Å². The molecule has 5 N–H and O–H groups in total. The first kappa shape index (κ1) is 28.3. The van der Waals surface area contributed by atoms with Crippen molar-refractivity contribution >= 4 is 80.3 Å². The van der Waals surface area contributed by atoms with Gasteiger partial charge in [-0.05, 0) is 13.0 Å². The van der Waals surface area contributed by atoms with Gasteiger partial charge >= 0.3 is 11.9 Å². The molecule has 2 amide bonds. The molecule has 0 aromatic carbocycles. The summed E-state index contributed by atoms with van der Waals surface area (Å²) in [7, 11) is 1.78. The summed E-state index contributed by atoms with van der Waals surface area (Å²) in [6.45, 7) is 1.42. The molecule has 41 heavy (non-hydrogen) atoms. The second-order valence-corrected chi connectivity index (χ2v) is 11.8. The Morgan fingerprint density at radius 1 is 1.39 bits per heavy atom. The predicted octanol–water partition coefficient (Wildman–Crippen LogP) is 0.186. The highest BCUT2D eigenvalue weighted by atomic mass is 35.5. The zero-order valence-electron chi connectivity index (χ0n) is 21.3. The quantitative estimate of drug-likeness (QED) is 0.110. The first-order valence-electron chi connectivity index (χ1n) is 11.9. The van der Waals surface area contributed by atoms with Gasteiger partial charge in [0.15, 0.2) is 29.1 Å². The minimum absolute atomic E-state index is 0.00143. The van der Waals surface area contributed by atoms with Crippen molar-refractivity contribution in [2.45, 2.75) is 31.0 Å². The Kier molecular flexibility index (Phi) is 7.58. The SMILES string of the molecule is C[C@H](O/N=C(\C(=O)NC1C(=O)N2C(C(=O)O)=C(C[n+]3cccc4nn(C)cc43)CSC12)c1nc(N)sc1Cl)C(=O)O. The largest absolute Gasteiger partial charge is 0.478 e. The van der Waals surface area contributed by atoms with E-state index in [2.05, 4.69) is 20.6 Å². The number of nitrogens with zero attached hydrogens (tertiary/aromatic N) is 6. The van der Waals surface area contributed by atoms with Gasteiger partial charge in [-0.15, -0.1) is 11.8 Å². The van der Waals surface area contributed by atoms with Crippen LogP contribution in [0.25, 0.3) is 11.0 Å². The van der Waals surface area contributed by atoms with Crippen LogP contribution < -0.4 is 15.6 Å². The number of fused-ring (bicyclic) bond motifs is 2. The lowest BCUT2D eigenvalue weighted by Gasteiger charge is -2.49. The lowest BCUT2D eigenvalue weighted by molar-refractivity contribution is -0.663. The van der Waals surface area contributed by atoms with Gasteiger partial charge in [0.1, 0.15) is 27.1 Å². The highest BCUT2D eigenvalue weighted by molar-refractivity contribution is 8.00. The fraction of sp³-hybridized carbons (Fsp3) is 0.304. The Morgan fingerprint density at radius 2 is 2.15 bits per heavy atom. The van der Waals surface area contributed by atoms with E-state index in [1.165, 1.54) is 18.7 Å². The Morgan fingerprint density at radius 3 is 2.80 bits per heavy atom. The molecule has 5 heterocycles. The number of aryl methyl sites for hydroxylation is 1. The summed E-state index contributed by atoms with van der Waals surface area (Å²) in [6, 6.07) is 2.54. The number of nitrogen functional groups attached to an aromatic ring is 1. The maximum Gasteiger partial charge on any atom is 0.352 e. The van der Waals surface area contributed by atoms with Crippen LogP contribution >= 0.6 is 34.7 Å². The average molecular weight is 622 g/mol. The second kappa shape index (κ2) is 11.0. The van der Waals surface area contributed by atoms with Crippen LogP contribution in [-0.4, -0.2) is 82.6 Å². The minimum Gasteiger partial charge on any atom is -0.478 e. The number of rotatable bonds is 9. The smallest absolute Gasteiger partial charge is 0.352 e. The number of carbonyl (C=O) groups is 4. The van der Waals surface area contributed by atoms with E-state index in [9.17, 15) is 24.3 Å². The zero-order chi connectivity index (χ0) is 29.6. The van der Waals surface area contributed by atoms with Crippen LogP contribution in [0.4, 0.5) is 5.13 Å². The van der Waals surface area contributed by atoms with Gasteiger partial charge < -0.3 is 26.1 Å². The number of thiazole rings is 1. The number of hydrogen-bond acceptors (Lipinski definition) is 11. The van der Waals surface area contributed by atoms with Crippen molar-refractivity contribution < 1.29 is 38.8 Å². The van der Waals surface area contributed by atoms with E-state index in [0.29, 0.717) is 5.57 Å². The highest BCUT2D eigenvalue weighted by Gasteiger charge is 2.55. The topological polar surface area (TPSA) is 206 Å². The third-order valence-electron chi connectivity index (χ3n) is 6.26. The number of carboxylic acid groups (broad SMARTS) is 2. The van der Waals surface area contributed by atoms with Crippen molar-refractivity contribution in [3.8, 4) is 0 Å². The minimum atomic E-state index is -1.40. The van der Waals surface area contributed by atoms with Crippen molar-refractivity contribution in [2.75, 3.05) is 11.5 Å². The van der Waals surface area contributed by atoms with E-state index in [0.717, 1.165) is 27.3 Å². The molecule has 2 aliphatic rings. The van der Waals surface area contributed by atoms with E-state index in [1.54, 1.807) is 24.0 Å². The first-order valence-corrected chi connectivity index (χ1v) is 14.1. The maximum absolute atomic E-state index is 13.2. The molecule has 3 aromatic rings. The lowest BCUT2D eigenvalue weighted by Crippen LogP contribution is -2.71. The molecule has 0 aliphatic carbocycles. The monoisotopic (exact) mass is 621 g/mol. The van der Waals surface area contributed by atoms with Gasteiger partial charge in [-0.1, -0.05) is 28.1 Å². The molecule has 0 bridgehead atoms. The van der Waals surface area contributed by atoms with E-state index < -0.39 is 47.0 Å². The molecule has 18 heteroatoms. The van der Waals surface area contributed by atoms with Crippen LogP contribution in [0.1, 0.15) is 12.6 Å². The summed E-state index contributed by atoms with van der Waals surface area (Å²) in [5.74, 6) is -3.90. The summed E-state index contributed by atoms with van der Waals surface area (Å²) in [5, 5.41) is 29.0. The first-order chi connectivity index (χ1) is 19.5. The van der Waals surface area contributed by atoms with Gasteiger partial charge in [-0.2, -0.15) is 9.67 Å². The summed E-state index contributed by atoms with van der Waals surface area (Å²) < 4.78 is 3.51. The molecule has 0 radical (unpaired) electrons. The Balaban J connectivity index is 1.39. The van der Waals surface area contributed by atoms with E-state index in [-0.39, 0.29) is 33.2 Å². The van der Waals surface area contributed by atoms with Crippen LogP contribution in [0.3, 0.4) is 0 Å². The molecule has 2 aliphatic heterocycles. The maximum atomic E-state index is 13.2. The number of pyridine rings is 1. The molecular formula is C23H22ClN8O7S2+. The summed E-state index contributed by atoms with van der Waals surface area (Å²) >= 11 is 8.30. The van der Waals surface area contributed by atoms with Crippen LogP contribution in [-0.2, 0) is 37.6 Å². The number of amides is 2. The van der Waals surface area contributed by atoms with Crippen molar-refractivity contribution in [1.29, 1.82) is 0 Å². The van der Waals surface area contributed by atoms with E-state index in [1.807, 2.05) is 16.8 Å². The molecule has 1 saturated heterocycles. The number of anilines is 1. The number of nitrogens with two attached hydrogens (primary N) is 1. The van der Waals surface area contributed by atoms with Crippen molar-refractivity contribution in [3.63, 3.8) is 0 Å². The predicted molar refractivity (Wildman–Crippen MR) is 147 cm³/mol. The number of hydrogen-bond donors (Lipinski definition) is 4. The molecule has 1 fully saturated rings. The number of β-lactam (4-membered cyclic amide) rings is 1. The van der Waals surface area contributed by atoms with Gasteiger partial charge in [0, 0.05) is 24.4 Å². The Bertz CT molecular complexity index is 1670. The molecule has 214 valence electrons. The molecular weight excluding hydrogens is 600 g/mol. The molecule has 15 nitrogen and oxygen atoms in total. The van der Waals surface area contributed by atoms with E-state index in [4.69, 9.17) is 27.3 Å². The third-order valence-corrected chi connectivity index (χ3v) is 8.68. The number of carboxylic acids is 2. The summed E-state index contributed by atoms with van der Waals surface area (Å²) in [6.07, 6.45) is 2.22. The number of halogens is 1. The standard InChI is InChI=1S/C23H21ClN8O7S2/c1-9(21(35)36)39-29-14(13-17(24)41-23(25)27-13)18(33)26-15-19(34)32-16(22(37)38)10(8-40-20(15)32)6-31-5-3-4-11-12(31)7-30(2)28-11/h3-5,7,9,15,20H,6,8H2,1-2H3,(H4-,25,26,27,33,35,36,37,38)/p+1/b29-14-/t9-,15?,20?/m0/s1. The van der Waals surface area contributed by atoms with Gasteiger partial charge in [-0.3, -0.25) is 19.2 Å². The van der Waals surface area contributed by atoms with Crippen LogP contribution in [0.2, 0.25) is 4.34 Å². The number of nitrogens with one attached hydrogen (secondary N) is 1. The lowest BCUT2D eigenvalue weighted by atomic mass is 10.0. The van der Waals surface area contributed by atoms with Gasteiger partial charge in [0.05, 0.1) is 6.20 Å².